The summed E-state index contributed by atoms with van der Waals surface area (Å²) in [5.74, 6) is 1.83. The molecule has 2 heteroatoms. The van der Waals surface area contributed by atoms with Gasteiger partial charge in [0.2, 0.25) is 0 Å². The zero-order valence-electron chi connectivity index (χ0n) is 14.6. The van der Waals surface area contributed by atoms with Crippen LogP contribution in [0.25, 0.3) is 0 Å². The number of rotatable bonds is 9. The predicted octanol–water partition coefficient (Wildman–Crippen LogP) is 4.45. The van der Waals surface area contributed by atoms with Crippen molar-refractivity contribution >= 4 is 0 Å². The second-order valence-corrected chi connectivity index (χ2v) is 7.80. The Morgan fingerprint density at radius 1 is 0.952 bits per heavy atom. The summed E-state index contributed by atoms with van der Waals surface area (Å²) in [5.41, 5.74) is 0. The lowest BCUT2D eigenvalue weighted by Gasteiger charge is -2.44. The van der Waals surface area contributed by atoms with Crippen LogP contribution in [0.15, 0.2) is 0 Å². The van der Waals surface area contributed by atoms with Crippen LogP contribution in [-0.4, -0.2) is 37.1 Å². The van der Waals surface area contributed by atoms with Crippen LogP contribution in [0.4, 0.5) is 0 Å². The molecule has 2 fully saturated rings. The lowest BCUT2D eigenvalue weighted by Crippen LogP contribution is -2.47. The average molecular weight is 295 g/mol. The molecule has 0 bridgehead atoms. The van der Waals surface area contributed by atoms with E-state index in [-0.39, 0.29) is 0 Å². The highest BCUT2D eigenvalue weighted by Crippen LogP contribution is 2.35. The van der Waals surface area contributed by atoms with Crippen molar-refractivity contribution in [3.8, 4) is 0 Å². The minimum Gasteiger partial charge on any atom is -0.316 e. The second kappa shape index (κ2) is 9.84. The van der Waals surface area contributed by atoms with Crippen LogP contribution in [0.5, 0.6) is 0 Å². The van der Waals surface area contributed by atoms with E-state index in [0.717, 1.165) is 17.9 Å². The summed E-state index contributed by atoms with van der Waals surface area (Å²) in [4.78, 5) is 2.85. The molecule has 1 heterocycles. The maximum absolute atomic E-state index is 3.55. The zero-order valence-corrected chi connectivity index (χ0v) is 14.6. The molecule has 2 rings (SSSR count). The molecule has 1 saturated carbocycles. The van der Waals surface area contributed by atoms with Gasteiger partial charge in [-0.05, 0) is 76.5 Å². The molecular formula is C19H38N2. The summed E-state index contributed by atoms with van der Waals surface area (Å²) in [7, 11) is 0. The first-order chi connectivity index (χ1) is 10.3. The number of hydrogen-bond acceptors (Lipinski definition) is 2. The Morgan fingerprint density at radius 3 is 2.57 bits per heavy atom. The number of hydrogen-bond donors (Lipinski definition) is 1. The smallest absolute Gasteiger partial charge is 0.0123 e. The van der Waals surface area contributed by atoms with Crippen molar-refractivity contribution in [3.63, 3.8) is 0 Å². The summed E-state index contributed by atoms with van der Waals surface area (Å²) in [6.45, 7) is 9.72. The fraction of sp³-hybridized carbons (Fsp3) is 1.00. The third-order valence-electron chi connectivity index (χ3n) is 5.46. The molecule has 0 aromatic heterocycles. The highest BCUT2D eigenvalue weighted by molar-refractivity contribution is 4.87. The van der Waals surface area contributed by atoms with Gasteiger partial charge in [0.15, 0.2) is 0 Å². The highest BCUT2D eigenvalue weighted by Gasteiger charge is 2.32. The molecule has 1 aliphatic heterocycles. The van der Waals surface area contributed by atoms with Crippen molar-refractivity contribution in [1.82, 2.24) is 10.2 Å². The molecule has 2 atom stereocenters. The van der Waals surface area contributed by atoms with Crippen LogP contribution in [-0.2, 0) is 0 Å². The summed E-state index contributed by atoms with van der Waals surface area (Å²) in [6, 6.07) is 0.959. The van der Waals surface area contributed by atoms with Crippen molar-refractivity contribution in [3.05, 3.63) is 0 Å². The maximum atomic E-state index is 3.55. The van der Waals surface area contributed by atoms with Crippen molar-refractivity contribution < 1.29 is 0 Å². The van der Waals surface area contributed by atoms with Gasteiger partial charge >= 0.3 is 0 Å². The van der Waals surface area contributed by atoms with Crippen LogP contribution in [0.1, 0.15) is 78.1 Å². The van der Waals surface area contributed by atoms with Crippen molar-refractivity contribution in [2.75, 3.05) is 26.2 Å². The van der Waals surface area contributed by atoms with Crippen LogP contribution >= 0.6 is 0 Å². The van der Waals surface area contributed by atoms with Gasteiger partial charge in [0.1, 0.15) is 0 Å². The van der Waals surface area contributed by atoms with E-state index >= 15 is 0 Å². The summed E-state index contributed by atoms with van der Waals surface area (Å²) in [6.07, 6.45) is 14.6. The van der Waals surface area contributed by atoms with Gasteiger partial charge in [-0.1, -0.05) is 39.5 Å². The van der Waals surface area contributed by atoms with Gasteiger partial charge < -0.3 is 10.2 Å². The Hall–Kier alpha value is -0.0800. The maximum Gasteiger partial charge on any atom is 0.0123 e. The Balaban J connectivity index is 1.50. The third kappa shape index (κ3) is 6.28. The predicted molar refractivity (Wildman–Crippen MR) is 92.7 cm³/mol. The fourth-order valence-corrected chi connectivity index (χ4v) is 4.31. The van der Waals surface area contributed by atoms with E-state index < -0.39 is 0 Å². The van der Waals surface area contributed by atoms with E-state index in [1.165, 1.54) is 90.4 Å². The minimum absolute atomic E-state index is 0.785. The monoisotopic (exact) mass is 294 g/mol. The molecule has 1 saturated heterocycles. The van der Waals surface area contributed by atoms with Crippen molar-refractivity contribution in [2.24, 2.45) is 11.8 Å². The van der Waals surface area contributed by atoms with Gasteiger partial charge in [-0.2, -0.15) is 0 Å². The molecule has 1 aliphatic carbocycles. The fourth-order valence-electron chi connectivity index (χ4n) is 4.31. The molecular weight excluding hydrogens is 256 g/mol. The Bertz CT molecular complexity index is 262. The average Bonchev–Trinajstić information content (AvgIpc) is 2.50. The van der Waals surface area contributed by atoms with Gasteiger partial charge in [-0.25, -0.2) is 0 Å². The molecule has 2 nitrogen and oxygen atoms in total. The molecule has 1 N–H and O–H groups in total. The number of nitrogens with one attached hydrogen (secondary N) is 1. The molecule has 124 valence electrons. The largest absolute Gasteiger partial charge is 0.316 e. The molecule has 21 heavy (non-hydrogen) atoms. The van der Waals surface area contributed by atoms with Crippen LogP contribution in [0.2, 0.25) is 0 Å². The van der Waals surface area contributed by atoms with Crippen molar-refractivity contribution in [2.45, 2.75) is 84.1 Å². The number of nitrogens with zero attached hydrogens (tertiary/aromatic N) is 1. The topological polar surface area (TPSA) is 15.3 Å². The minimum atomic E-state index is 0.785. The van der Waals surface area contributed by atoms with Gasteiger partial charge in [-0.15, -0.1) is 0 Å². The lowest BCUT2D eigenvalue weighted by atomic mass is 9.78. The van der Waals surface area contributed by atoms with Crippen molar-refractivity contribution in [1.29, 1.82) is 0 Å². The lowest BCUT2D eigenvalue weighted by molar-refractivity contribution is 0.0595. The molecule has 2 aliphatic rings. The quantitative estimate of drug-likeness (QED) is 0.632. The normalized spacial score (nSPS) is 27.0. The summed E-state index contributed by atoms with van der Waals surface area (Å²) >= 11 is 0. The number of likely N-dealkylation sites (tertiary alicyclic amines) is 1. The molecule has 0 aromatic carbocycles. The highest BCUT2D eigenvalue weighted by atomic mass is 15.2. The molecule has 0 aromatic rings. The standard InChI is InChI=1S/C19H38N2/c1-17(2)16-20-13-7-3-4-8-14-21-15-9-11-18-10-5-6-12-19(18)21/h17-20H,3-16H2,1-2H3/t18-,19-/m1/s1. The number of unbranched alkanes of at least 4 members (excludes halogenated alkanes) is 3. The number of piperidine rings is 1. The van der Waals surface area contributed by atoms with E-state index in [1.807, 2.05) is 0 Å². The zero-order chi connectivity index (χ0) is 14.9. The molecule has 0 unspecified atom stereocenters. The van der Waals surface area contributed by atoms with Crippen LogP contribution in [0.3, 0.4) is 0 Å². The van der Waals surface area contributed by atoms with Gasteiger partial charge in [0.05, 0.1) is 0 Å². The van der Waals surface area contributed by atoms with Gasteiger partial charge in [-0.3, -0.25) is 0 Å². The first-order valence-corrected chi connectivity index (χ1v) is 9.72. The van der Waals surface area contributed by atoms with E-state index in [0.29, 0.717) is 0 Å². The van der Waals surface area contributed by atoms with E-state index in [9.17, 15) is 0 Å². The van der Waals surface area contributed by atoms with E-state index in [4.69, 9.17) is 0 Å². The van der Waals surface area contributed by atoms with Crippen LogP contribution < -0.4 is 5.32 Å². The summed E-state index contributed by atoms with van der Waals surface area (Å²) in [5, 5.41) is 3.55. The molecule has 0 spiro atoms. The Morgan fingerprint density at radius 2 is 1.71 bits per heavy atom. The third-order valence-corrected chi connectivity index (χ3v) is 5.46. The summed E-state index contributed by atoms with van der Waals surface area (Å²) < 4.78 is 0. The van der Waals surface area contributed by atoms with Crippen LogP contribution in [0, 0.1) is 11.8 Å². The van der Waals surface area contributed by atoms with E-state index in [1.54, 1.807) is 0 Å². The Kier molecular flexibility index (Phi) is 8.10. The molecule has 0 radical (unpaired) electrons. The number of fused-ring (bicyclic) bond motifs is 1. The Labute approximate surface area is 133 Å². The first-order valence-electron chi connectivity index (χ1n) is 9.72. The first kappa shape index (κ1) is 17.3. The SMILES string of the molecule is CC(C)CNCCCCCCN1CCC[C@H]2CCCC[C@H]21. The second-order valence-electron chi connectivity index (χ2n) is 7.80. The van der Waals surface area contributed by atoms with E-state index in [2.05, 4.69) is 24.1 Å². The molecule has 0 amide bonds. The van der Waals surface area contributed by atoms with Gasteiger partial charge in [0, 0.05) is 6.04 Å². The van der Waals surface area contributed by atoms with Gasteiger partial charge in [0.25, 0.3) is 0 Å².